The molecular formula is C18H20ClN3O4S. The summed E-state index contributed by atoms with van der Waals surface area (Å²) in [6, 6.07) is 13.9. The van der Waals surface area contributed by atoms with Crippen LogP contribution in [-0.2, 0) is 21.5 Å². The number of hydrogen-bond acceptors (Lipinski definition) is 4. The minimum Gasteiger partial charge on any atom is -0.497 e. The lowest BCUT2D eigenvalue weighted by Gasteiger charge is -2.19. The zero-order valence-electron chi connectivity index (χ0n) is 14.8. The summed E-state index contributed by atoms with van der Waals surface area (Å²) in [6.45, 7) is 0.498. The second-order valence-electron chi connectivity index (χ2n) is 6.04. The van der Waals surface area contributed by atoms with Crippen molar-refractivity contribution in [2.75, 3.05) is 32.1 Å². The van der Waals surface area contributed by atoms with E-state index in [9.17, 15) is 13.2 Å². The molecule has 2 aromatic rings. The maximum atomic E-state index is 12.7. The summed E-state index contributed by atoms with van der Waals surface area (Å²) in [5.41, 5.74) is 1.30. The van der Waals surface area contributed by atoms with E-state index in [0.717, 1.165) is 5.56 Å². The number of carbonyl (C=O) groups is 1. The van der Waals surface area contributed by atoms with E-state index < -0.39 is 16.1 Å². The van der Waals surface area contributed by atoms with Crippen LogP contribution in [0.4, 0.5) is 5.69 Å². The zero-order chi connectivity index (χ0) is 19.4. The van der Waals surface area contributed by atoms with E-state index in [4.69, 9.17) is 16.3 Å². The van der Waals surface area contributed by atoms with Crippen LogP contribution in [0.15, 0.2) is 48.5 Å². The van der Waals surface area contributed by atoms with E-state index >= 15 is 0 Å². The van der Waals surface area contributed by atoms with E-state index in [1.54, 1.807) is 49.6 Å². The smallest absolute Gasteiger partial charge is 0.282 e. The maximum absolute atomic E-state index is 12.7. The zero-order valence-corrected chi connectivity index (χ0v) is 16.3. The molecule has 1 fully saturated rings. The van der Waals surface area contributed by atoms with Gasteiger partial charge in [-0.05, 0) is 35.9 Å². The third-order valence-electron chi connectivity index (χ3n) is 4.25. The monoisotopic (exact) mass is 409 g/mol. The van der Waals surface area contributed by atoms with Crippen molar-refractivity contribution in [1.82, 2.24) is 8.61 Å². The Kier molecular flexibility index (Phi) is 6.01. The van der Waals surface area contributed by atoms with E-state index in [1.165, 1.54) is 8.61 Å². The van der Waals surface area contributed by atoms with Crippen LogP contribution in [0, 0.1) is 0 Å². The fraction of sp³-hybridized carbons (Fsp3) is 0.278. The molecule has 1 aliphatic rings. The Morgan fingerprint density at radius 1 is 1.11 bits per heavy atom. The fourth-order valence-electron chi connectivity index (χ4n) is 2.79. The average molecular weight is 410 g/mol. The average Bonchev–Trinajstić information content (AvgIpc) is 2.91. The van der Waals surface area contributed by atoms with Gasteiger partial charge in [-0.2, -0.15) is 17.0 Å². The van der Waals surface area contributed by atoms with Crippen LogP contribution in [-0.4, -0.2) is 49.7 Å². The summed E-state index contributed by atoms with van der Waals surface area (Å²) in [7, 11) is -2.16. The number of amides is 1. The van der Waals surface area contributed by atoms with Gasteiger partial charge in [0.15, 0.2) is 0 Å². The van der Waals surface area contributed by atoms with Gasteiger partial charge in [0.05, 0.1) is 13.7 Å². The standard InChI is InChI=1S/C18H20ClN3O4S/c1-26-16-8-6-15(7-9-16)20-18(23)13-22-11-10-21(27(22,24)25)12-14-4-2-3-5-17(14)19/h2-9H,10-13H2,1H3,(H,20,23). The first kappa shape index (κ1) is 19.6. The highest BCUT2D eigenvalue weighted by molar-refractivity contribution is 7.87. The Morgan fingerprint density at radius 2 is 1.78 bits per heavy atom. The Morgan fingerprint density at radius 3 is 2.44 bits per heavy atom. The Bertz CT molecular complexity index is 918. The number of hydrogen-bond donors (Lipinski definition) is 1. The number of rotatable bonds is 6. The number of benzene rings is 2. The summed E-state index contributed by atoms with van der Waals surface area (Å²) in [6.07, 6.45) is 0. The van der Waals surface area contributed by atoms with Gasteiger partial charge in [0.1, 0.15) is 5.75 Å². The molecule has 1 N–H and O–H groups in total. The number of carbonyl (C=O) groups excluding carboxylic acids is 1. The van der Waals surface area contributed by atoms with Crippen molar-refractivity contribution in [3.8, 4) is 5.75 Å². The summed E-state index contributed by atoms with van der Waals surface area (Å²) in [4.78, 5) is 12.2. The molecule has 0 unspecified atom stereocenters. The minimum absolute atomic E-state index is 0.179. The third-order valence-corrected chi connectivity index (χ3v) is 6.55. The van der Waals surface area contributed by atoms with Crippen molar-refractivity contribution in [2.45, 2.75) is 6.54 Å². The van der Waals surface area contributed by atoms with Crippen LogP contribution >= 0.6 is 11.6 Å². The van der Waals surface area contributed by atoms with Gasteiger partial charge in [-0.15, -0.1) is 0 Å². The summed E-state index contributed by atoms with van der Waals surface area (Å²) in [5, 5.41) is 3.21. The van der Waals surface area contributed by atoms with Gasteiger partial charge in [0.2, 0.25) is 5.91 Å². The Hall–Kier alpha value is -2.13. The third kappa shape index (κ3) is 4.59. The Balaban J connectivity index is 1.62. The molecule has 144 valence electrons. The summed E-state index contributed by atoms with van der Waals surface area (Å²) in [5.74, 6) is 0.272. The number of nitrogens with zero attached hydrogens (tertiary/aromatic N) is 2. The predicted octanol–water partition coefficient (Wildman–Crippen LogP) is 2.35. The van der Waals surface area contributed by atoms with Crippen molar-refractivity contribution in [1.29, 1.82) is 0 Å². The molecule has 0 radical (unpaired) electrons. The largest absolute Gasteiger partial charge is 0.497 e. The second kappa shape index (κ2) is 8.26. The first-order valence-corrected chi connectivity index (χ1v) is 10.1. The van der Waals surface area contributed by atoms with Crippen LogP contribution in [0.3, 0.4) is 0 Å². The number of ether oxygens (including phenoxy) is 1. The molecular weight excluding hydrogens is 390 g/mol. The van der Waals surface area contributed by atoms with E-state index in [2.05, 4.69) is 5.32 Å². The highest BCUT2D eigenvalue weighted by atomic mass is 35.5. The molecule has 7 nitrogen and oxygen atoms in total. The topological polar surface area (TPSA) is 79.0 Å². The van der Waals surface area contributed by atoms with Crippen LogP contribution < -0.4 is 10.1 Å². The van der Waals surface area contributed by atoms with E-state index in [0.29, 0.717) is 23.0 Å². The molecule has 9 heteroatoms. The molecule has 0 aliphatic carbocycles. The molecule has 27 heavy (non-hydrogen) atoms. The fourth-order valence-corrected chi connectivity index (χ4v) is 4.52. The van der Waals surface area contributed by atoms with Crippen LogP contribution in [0.5, 0.6) is 5.75 Å². The van der Waals surface area contributed by atoms with Crippen molar-refractivity contribution in [2.24, 2.45) is 0 Å². The summed E-state index contributed by atoms with van der Waals surface area (Å²) >= 11 is 6.12. The molecule has 1 saturated heterocycles. The molecule has 0 spiro atoms. The van der Waals surface area contributed by atoms with Crippen molar-refractivity contribution >= 4 is 33.4 Å². The second-order valence-corrected chi connectivity index (χ2v) is 8.38. The normalized spacial score (nSPS) is 17.0. The van der Waals surface area contributed by atoms with Gasteiger partial charge in [-0.3, -0.25) is 4.79 Å². The first-order chi connectivity index (χ1) is 12.9. The molecule has 0 atom stereocenters. The van der Waals surface area contributed by atoms with Gasteiger partial charge in [-0.25, -0.2) is 0 Å². The van der Waals surface area contributed by atoms with Gasteiger partial charge in [-0.1, -0.05) is 29.8 Å². The van der Waals surface area contributed by atoms with Crippen LogP contribution in [0.25, 0.3) is 0 Å². The van der Waals surface area contributed by atoms with Crippen molar-refractivity contribution < 1.29 is 17.9 Å². The van der Waals surface area contributed by atoms with E-state index in [1.807, 2.05) is 6.07 Å². The highest BCUT2D eigenvalue weighted by Crippen LogP contribution is 2.23. The first-order valence-electron chi connectivity index (χ1n) is 8.32. The van der Waals surface area contributed by atoms with Gasteiger partial charge < -0.3 is 10.1 Å². The van der Waals surface area contributed by atoms with Gasteiger partial charge >= 0.3 is 0 Å². The number of nitrogens with one attached hydrogen (secondary N) is 1. The van der Waals surface area contributed by atoms with E-state index in [-0.39, 0.29) is 19.6 Å². The molecule has 1 heterocycles. The van der Waals surface area contributed by atoms with Gasteiger partial charge in [0, 0.05) is 30.3 Å². The van der Waals surface area contributed by atoms with Gasteiger partial charge in [0.25, 0.3) is 10.2 Å². The lowest BCUT2D eigenvalue weighted by atomic mass is 10.2. The molecule has 0 saturated carbocycles. The van der Waals surface area contributed by atoms with Crippen molar-refractivity contribution in [3.05, 3.63) is 59.1 Å². The minimum atomic E-state index is -3.71. The molecule has 1 aliphatic heterocycles. The SMILES string of the molecule is COc1ccc(NC(=O)CN2CCN(Cc3ccccc3Cl)S2(=O)=O)cc1. The lowest BCUT2D eigenvalue weighted by Crippen LogP contribution is -2.37. The van der Waals surface area contributed by atoms with Crippen molar-refractivity contribution in [3.63, 3.8) is 0 Å². The quantitative estimate of drug-likeness (QED) is 0.794. The molecule has 0 aromatic heterocycles. The maximum Gasteiger partial charge on any atom is 0.282 e. The molecule has 3 rings (SSSR count). The highest BCUT2D eigenvalue weighted by Gasteiger charge is 2.37. The number of halogens is 1. The van der Waals surface area contributed by atoms with Crippen LogP contribution in [0.2, 0.25) is 5.02 Å². The number of anilines is 1. The molecule has 1 amide bonds. The molecule has 0 bridgehead atoms. The number of methoxy groups -OCH3 is 1. The lowest BCUT2D eigenvalue weighted by molar-refractivity contribution is -0.116. The molecule has 2 aromatic carbocycles. The summed E-state index contributed by atoms with van der Waals surface area (Å²) < 4.78 is 32.9. The predicted molar refractivity (Wildman–Crippen MR) is 104 cm³/mol. The Labute approximate surface area is 163 Å². The van der Waals surface area contributed by atoms with Crippen LogP contribution in [0.1, 0.15) is 5.56 Å².